The van der Waals surface area contributed by atoms with Gasteiger partial charge in [-0.25, -0.2) is 0 Å². The molecule has 0 bridgehead atoms. The van der Waals surface area contributed by atoms with Crippen LogP contribution in [0.15, 0.2) is 12.2 Å². The Bertz CT molecular complexity index is 1190. The summed E-state index contributed by atoms with van der Waals surface area (Å²) in [5.74, 6) is -0.0127. The molecule has 6 nitrogen and oxygen atoms in total. The van der Waals surface area contributed by atoms with Gasteiger partial charge in [0.2, 0.25) is 5.91 Å². The monoisotopic (exact) mass is 1110 g/mol. The summed E-state index contributed by atoms with van der Waals surface area (Å²) in [4.78, 5) is 24.6. The summed E-state index contributed by atoms with van der Waals surface area (Å²) in [6.07, 6.45) is 85.5. The highest BCUT2D eigenvalue weighted by atomic mass is 16.5. The Morgan fingerprint density at radius 3 is 0.899 bits per heavy atom. The van der Waals surface area contributed by atoms with E-state index in [9.17, 15) is 19.8 Å². The van der Waals surface area contributed by atoms with Crippen LogP contribution in [0.5, 0.6) is 0 Å². The maximum absolute atomic E-state index is 12.6. The zero-order chi connectivity index (χ0) is 57.1. The summed E-state index contributed by atoms with van der Waals surface area (Å²) in [6.45, 7) is 5.00. The summed E-state index contributed by atoms with van der Waals surface area (Å²) in [6, 6.07) is -0.543. The third-order valence-corrected chi connectivity index (χ3v) is 17.3. The van der Waals surface area contributed by atoms with Crippen LogP contribution in [0.2, 0.25) is 0 Å². The van der Waals surface area contributed by atoms with Crippen molar-refractivity contribution < 1.29 is 24.5 Å². The van der Waals surface area contributed by atoms with Gasteiger partial charge in [-0.3, -0.25) is 9.59 Å². The molecule has 0 radical (unpaired) electrons. The molecule has 0 saturated carbocycles. The second-order valence-electron chi connectivity index (χ2n) is 25.3. The van der Waals surface area contributed by atoms with Gasteiger partial charge in [-0.15, -0.1) is 0 Å². The first-order chi connectivity index (χ1) is 39.0. The van der Waals surface area contributed by atoms with Crippen molar-refractivity contribution in [3.63, 3.8) is 0 Å². The van der Waals surface area contributed by atoms with Crippen LogP contribution in [0.1, 0.15) is 418 Å². The molecule has 0 aliphatic rings. The van der Waals surface area contributed by atoms with E-state index in [4.69, 9.17) is 4.74 Å². The Kier molecular flexibility index (Phi) is 67.9. The first-order valence-corrected chi connectivity index (χ1v) is 36.4. The Balaban J connectivity index is 3.38. The lowest BCUT2D eigenvalue weighted by Crippen LogP contribution is -2.45. The molecule has 0 aromatic rings. The SMILES string of the molecule is CCCCCCCCCCCCCCCCCCCCCCCCC(O)C(CO)NC(=O)CCCCCCCCCCCCC/C=C\CCCCCCCCCCCCCCOC(=O)CCCCCCCCCCCCCCC. The summed E-state index contributed by atoms with van der Waals surface area (Å²) >= 11 is 0. The molecule has 6 heteroatoms. The Labute approximate surface area is 495 Å². The molecule has 470 valence electrons. The van der Waals surface area contributed by atoms with Crippen LogP contribution < -0.4 is 5.32 Å². The molecule has 3 N–H and O–H groups in total. The second-order valence-corrected chi connectivity index (χ2v) is 25.3. The third-order valence-electron chi connectivity index (χ3n) is 17.3. The molecule has 0 aromatic heterocycles. The third kappa shape index (κ3) is 65.6. The second kappa shape index (κ2) is 69.1. The van der Waals surface area contributed by atoms with E-state index in [1.807, 2.05) is 0 Å². The zero-order valence-corrected chi connectivity index (χ0v) is 53.9. The number of carbonyl (C=O) groups is 2. The minimum Gasteiger partial charge on any atom is -0.466 e. The number of ether oxygens (including phenoxy) is 1. The molecule has 2 atom stereocenters. The van der Waals surface area contributed by atoms with E-state index >= 15 is 0 Å². The largest absolute Gasteiger partial charge is 0.466 e. The van der Waals surface area contributed by atoms with Crippen molar-refractivity contribution in [2.24, 2.45) is 0 Å². The van der Waals surface area contributed by atoms with Gasteiger partial charge in [0.05, 0.1) is 25.4 Å². The number of allylic oxidation sites excluding steroid dienone is 2. The topological polar surface area (TPSA) is 95.9 Å². The van der Waals surface area contributed by atoms with Crippen molar-refractivity contribution in [1.29, 1.82) is 0 Å². The van der Waals surface area contributed by atoms with E-state index < -0.39 is 12.1 Å². The zero-order valence-electron chi connectivity index (χ0n) is 53.9. The Morgan fingerprint density at radius 2 is 0.595 bits per heavy atom. The lowest BCUT2D eigenvalue weighted by Gasteiger charge is -2.22. The van der Waals surface area contributed by atoms with Gasteiger partial charge in [-0.2, -0.15) is 0 Å². The molecular weight excluding hydrogens is 971 g/mol. The number of nitrogens with one attached hydrogen (secondary N) is 1. The van der Waals surface area contributed by atoms with Crippen LogP contribution in [-0.2, 0) is 14.3 Å². The number of unbranched alkanes of at least 4 members (excludes halogenated alkanes) is 56. The number of hydrogen-bond acceptors (Lipinski definition) is 5. The minimum atomic E-state index is -0.665. The van der Waals surface area contributed by atoms with E-state index in [1.54, 1.807) is 0 Å². The fourth-order valence-electron chi connectivity index (χ4n) is 11.8. The van der Waals surface area contributed by atoms with E-state index in [0.29, 0.717) is 25.9 Å². The van der Waals surface area contributed by atoms with Gasteiger partial charge in [0.25, 0.3) is 0 Å². The van der Waals surface area contributed by atoms with Crippen molar-refractivity contribution in [2.45, 2.75) is 431 Å². The lowest BCUT2D eigenvalue weighted by molar-refractivity contribution is -0.143. The van der Waals surface area contributed by atoms with Gasteiger partial charge in [-0.05, 0) is 51.4 Å². The fourth-order valence-corrected chi connectivity index (χ4v) is 11.8. The first kappa shape index (κ1) is 77.6. The average molecular weight is 1110 g/mol. The summed E-state index contributed by atoms with van der Waals surface area (Å²) < 4.78 is 5.49. The molecule has 0 spiro atoms. The van der Waals surface area contributed by atoms with Crippen molar-refractivity contribution in [1.82, 2.24) is 5.32 Å². The van der Waals surface area contributed by atoms with Crippen LogP contribution in [0.25, 0.3) is 0 Å². The van der Waals surface area contributed by atoms with Gasteiger partial charge in [0, 0.05) is 12.8 Å². The summed E-state index contributed by atoms with van der Waals surface area (Å²) in [7, 11) is 0. The minimum absolute atomic E-state index is 0.0178. The van der Waals surface area contributed by atoms with Crippen molar-refractivity contribution >= 4 is 11.9 Å². The molecule has 0 aliphatic carbocycles. The number of rotatable bonds is 69. The molecule has 0 heterocycles. The summed E-state index contributed by atoms with van der Waals surface area (Å²) in [5.41, 5.74) is 0. The van der Waals surface area contributed by atoms with E-state index in [2.05, 4.69) is 31.3 Å². The molecular formula is C73H143NO5. The molecule has 1 amide bonds. The highest BCUT2D eigenvalue weighted by Crippen LogP contribution is 2.19. The quantitative estimate of drug-likeness (QED) is 0.0320. The van der Waals surface area contributed by atoms with Gasteiger partial charge in [0.15, 0.2) is 0 Å². The molecule has 2 unspecified atom stereocenters. The van der Waals surface area contributed by atoms with Crippen molar-refractivity contribution in [2.75, 3.05) is 13.2 Å². The predicted molar refractivity (Wildman–Crippen MR) is 347 cm³/mol. The number of carbonyl (C=O) groups excluding carboxylic acids is 2. The highest BCUT2D eigenvalue weighted by Gasteiger charge is 2.20. The smallest absolute Gasteiger partial charge is 0.305 e. The van der Waals surface area contributed by atoms with Crippen LogP contribution >= 0.6 is 0 Å². The van der Waals surface area contributed by atoms with Crippen molar-refractivity contribution in [3.8, 4) is 0 Å². The average Bonchev–Trinajstić information content (AvgIpc) is 3.45. The molecule has 0 aliphatic heterocycles. The van der Waals surface area contributed by atoms with Gasteiger partial charge in [0.1, 0.15) is 0 Å². The maximum atomic E-state index is 12.6. The highest BCUT2D eigenvalue weighted by molar-refractivity contribution is 5.76. The Morgan fingerprint density at radius 1 is 0.342 bits per heavy atom. The molecule has 0 saturated heterocycles. The molecule has 79 heavy (non-hydrogen) atoms. The maximum Gasteiger partial charge on any atom is 0.305 e. The van der Waals surface area contributed by atoms with E-state index in [-0.39, 0.29) is 18.5 Å². The molecule has 0 fully saturated rings. The number of hydrogen-bond donors (Lipinski definition) is 3. The van der Waals surface area contributed by atoms with Gasteiger partial charge in [-0.1, -0.05) is 366 Å². The Hall–Kier alpha value is -1.40. The first-order valence-electron chi connectivity index (χ1n) is 36.4. The van der Waals surface area contributed by atoms with Gasteiger partial charge < -0.3 is 20.3 Å². The number of amides is 1. The normalized spacial score (nSPS) is 12.5. The van der Waals surface area contributed by atoms with E-state index in [0.717, 1.165) is 38.5 Å². The molecule has 0 rings (SSSR count). The number of aliphatic hydroxyl groups excluding tert-OH is 2. The number of aliphatic hydroxyl groups is 2. The van der Waals surface area contributed by atoms with Crippen LogP contribution in [0.3, 0.4) is 0 Å². The van der Waals surface area contributed by atoms with Crippen LogP contribution in [0.4, 0.5) is 0 Å². The lowest BCUT2D eigenvalue weighted by atomic mass is 10.0. The fraction of sp³-hybridized carbons (Fsp3) is 0.945. The van der Waals surface area contributed by atoms with Gasteiger partial charge >= 0.3 is 5.97 Å². The summed E-state index contributed by atoms with van der Waals surface area (Å²) in [5, 5.41) is 23.4. The molecule has 0 aromatic carbocycles. The standard InChI is InChI=1S/C73H143NO5/c1-3-5-7-9-11-13-15-17-18-19-20-21-29-32-35-38-42-45-49-53-57-61-65-71(76)70(69-75)74-72(77)66-62-58-54-50-46-43-39-36-33-30-27-25-23-22-24-26-28-31-34-37-40-44-48-52-56-60-64-68-79-73(78)67-63-59-55-51-47-41-16-14-12-10-8-6-4-2/h22-23,70-71,75-76H,3-21,24-69H2,1-2H3,(H,74,77)/b23-22-. The van der Waals surface area contributed by atoms with Crippen molar-refractivity contribution in [3.05, 3.63) is 12.2 Å². The van der Waals surface area contributed by atoms with Crippen LogP contribution in [-0.4, -0.2) is 47.4 Å². The number of esters is 1. The van der Waals surface area contributed by atoms with Crippen LogP contribution in [0, 0.1) is 0 Å². The predicted octanol–water partition coefficient (Wildman–Crippen LogP) is 23.5. The van der Waals surface area contributed by atoms with E-state index in [1.165, 1.54) is 347 Å².